The van der Waals surface area contributed by atoms with Gasteiger partial charge < -0.3 is 36.2 Å². The number of rotatable bonds is 15. The Bertz CT molecular complexity index is 1240. The smallest absolute Gasteiger partial charge is 0.305 e. The zero-order valence-corrected chi connectivity index (χ0v) is 22.7. The van der Waals surface area contributed by atoms with E-state index in [0.717, 1.165) is 17.1 Å². The zero-order chi connectivity index (χ0) is 31.4. The lowest BCUT2D eigenvalue weighted by Gasteiger charge is -2.23. The van der Waals surface area contributed by atoms with Crippen LogP contribution in [0.3, 0.4) is 0 Å². The number of amides is 6. The number of hydrogen-bond donors (Lipinski definition) is 6. The zero-order valence-electron chi connectivity index (χ0n) is 22.7. The van der Waals surface area contributed by atoms with E-state index in [1.54, 1.807) is 12.1 Å². The largest absolute Gasteiger partial charge is 0.481 e. The van der Waals surface area contributed by atoms with Crippen LogP contribution < -0.4 is 21.3 Å². The molecule has 42 heavy (non-hydrogen) atoms. The molecule has 0 bridgehead atoms. The molecule has 1 heterocycles. The molecule has 16 nitrogen and oxygen atoms in total. The Morgan fingerprint density at radius 3 is 2.02 bits per heavy atom. The van der Waals surface area contributed by atoms with E-state index in [2.05, 4.69) is 21.3 Å². The third-order valence-electron chi connectivity index (χ3n) is 5.72. The number of imide groups is 1. The summed E-state index contributed by atoms with van der Waals surface area (Å²) < 4.78 is 4.87. The number of nitrogens with zero attached hydrogens (tertiary/aromatic N) is 1. The van der Waals surface area contributed by atoms with Crippen LogP contribution in [0.5, 0.6) is 0 Å². The summed E-state index contributed by atoms with van der Waals surface area (Å²) in [6.07, 6.45) is 1.01. The fourth-order valence-corrected chi connectivity index (χ4v) is 3.49. The van der Waals surface area contributed by atoms with Crippen molar-refractivity contribution in [3.05, 3.63) is 42.0 Å². The lowest BCUT2D eigenvalue weighted by atomic mass is 10.1. The lowest BCUT2D eigenvalue weighted by Crippen LogP contribution is -2.57. The molecule has 0 spiro atoms. The molecule has 6 amide bonds. The first-order valence-electron chi connectivity index (χ1n) is 12.6. The summed E-state index contributed by atoms with van der Waals surface area (Å²) in [6.45, 7) is 1.41. The minimum absolute atomic E-state index is 0.0101. The van der Waals surface area contributed by atoms with E-state index in [0.29, 0.717) is 5.56 Å². The fraction of sp³-hybridized carbons (Fsp3) is 0.385. The summed E-state index contributed by atoms with van der Waals surface area (Å²) in [7, 11) is 0. The molecule has 16 heteroatoms. The number of aliphatic carboxylic acids is 1. The normalized spacial score (nSPS) is 14.4. The number of aliphatic hydroxyl groups excluding tert-OH is 1. The van der Waals surface area contributed by atoms with Crippen LogP contribution in [-0.2, 0) is 49.7 Å². The van der Waals surface area contributed by atoms with Crippen molar-refractivity contribution in [1.82, 2.24) is 20.9 Å². The van der Waals surface area contributed by atoms with Crippen molar-refractivity contribution in [3.8, 4) is 0 Å². The Labute approximate surface area is 239 Å². The number of carbonyl (C=O) groups excluding carboxylic acids is 7. The number of carboxylic acid groups (broad SMARTS) is 1. The molecule has 0 saturated heterocycles. The van der Waals surface area contributed by atoms with Gasteiger partial charge in [0.25, 0.3) is 11.8 Å². The van der Waals surface area contributed by atoms with E-state index in [-0.39, 0.29) is 25.3 Å². The van der Waals surface area contributed by atoms with Crippen molar-refractivity contribution in [2.45, 2.75) is 51.4 Å². The van der Waals surface area contributed by atoms with E-state index in [4.69, 9.17) is 4.74 Å². The molecule has 1 aliphatic heterocycles. The first kappa shape index (κ1) is 33.1. The molecule has 1 aromatic rings. The molecule has 0 radical (unpaired) electrons. The van der Waals surface area contributed by atoms with E-state index in [9.17, 15) is 48.6 Å². The third-order valence-corrected chi connectivity index (χ3v) is 5.72. The van der Waals surface area contributed by atoms with Crippen molar-refractivity contribution in [3.63, 3.8) is 0 Å². The maximum Gasteiger partial charge on any atom is 0.305 e. The van der Waals surface area contributed by atoms with Crippen LogP contribution in [0.15, 0.2) is 36.4 Å². The third kappa shape index (κ3) is 10.5. The molecule has 3 atom stereocenters. The molecule has 2 rings (SSSR count). The van der Waals surface area contributed by atoms with Crippen molar-refractivity contribution >= 4 is 53.1 Å². The second-order valence-corrected chi connectivity index (χ2v) is 9.07. The number of anilines is 1. The Morgan fingerprint density at radius 2 is 1.48 bits per heavy atom. The second-order valence-electron chi connectivity index (χ2n) is 9.07. The minimum atomic E-state index is -1.60. The number of carbonyl (C=O) groups is 8. The van der Waals surface area contributed by atoms with Crippen LogP contribution in [-0.4, -0.2) is 93.8 Å². The molecule has 0 unspecified atom stereocenters. The van der Waals surface area contributed by atoms with E-state index < -0.39 is 78.5 Å². The highest BCUT2D eigenvalue weighted by atomic mass is 16.5. The first-order valence-corrected chi connectivity index (χ1v) is 12.6. The summed E-state index contributed by atoms with van der Waals surface area (Å²) in [6, 6.07) is 1.66. The molecule has 0 fully saturated rings. The molecule has 1 aliphatic rings. The number of ether oxygens (including phenoxy) is 1. The summed E-state index contributed by atoms with van der Waals surface area (Å²) in [5.41, 5.74) is 0.877. The lowest BCUT2D eigenvalue weighted by molar-refractivity contribution is -0.142. The van der Waals surface area contributed by atoms with Gasteiger partial charge >= 0.3 is 11.9 Å². The Kier molecular flexibility index (Phi) is 12.3. The van der Waals surface area contributed by atoms with Gasteiger partial charge in [0.15, 0.2) is 0 Å². The number of nitrogens with one attached hydrogen (secondary N) is 4. The Balaban J connectivity index is 1.93. The van der Waals surface area contributed by atoms with Gasteiger partial charge in [0, 0.05) is 37.7 Å². The molecule has 6 N–H and O–H groups in total. The fourth-order valence-electron chi connectivity index (χ4n) is 3.49. The molecule has 1 aromatic carbocycles. The Hall–Kier alpha value is -5.12. The number of benzene rings is 1. The van der Waals surface area contributed by atoms with Gasteiger partial charge in [-0.1, -0.05) is 12.1 Å². The molecule has 0 aromatic heterocycles. The van der Waals surface area contributed by atoms with Crippen molar-refractivity contribution in [1.29, 1.82) is 0 Å². The summed E-state index contributed by atoms with van der Waals surface area (Å²) >= 11 is 0. The standard InChI is InChI=1S/C26H31N5O11/c1-14(27-20(34)9-10-31-21(35)7-8-22(31)36)24(39)30-19(12-32)26(41)29-18(11-23(37)38)25(40)28-17-5-3-16(4-6-17)13-42-15(2)33/h3-8,14,18-19,32H,9-13H2,1-2H3,(H,27,34)(H,28,40)(H,29,41)(H,30,39)(H,37,38)/t14-,18+,19+/m1/s1. The van der Waals surface area contributed by atoms with Gasteiger partial charge in [-0.3, -0.25) is 43.3 Å². The highest BCUT2D eigenvalue weighted by Crippen LogP contribution is 2.12. The second kappa shape index (κ2) is 15.6. The van der Waals surface area contributed by atoms with E-state index in [1.807, 2.05) is 0 Å². The maximum absolute atomic E-state index is 12.7. The number of carboxylic acids is 1. The van der Waals surface area contributed by atoms with Crippen LogP contribution >= 0.6 is 0 Å². The van der Waals surface area contributed by atoms with Crippen molar-refractivity contribution in [2.75, 3.05) is 18.5 Å². The topological polar surface area (TPSA) is 238 Å². The van der Waals surface area contributed by atoms with Gasteiger partial charge in [-0.2, -0.15) is 0 Å². The van der Waals surface area contributed by atoms with Gasteiger partial charge in [-0.25, -0.2) is 0 Å². The average Bonchev–Trinajstić information content (AvgIpc) is 3.25. The average molecular weight is 590 g/mol. The Morgan fingerprint density at radius 1 is 0.881 bits per heavy atom. The summed E-state index contributed by atoms with van der Waals surface area (Å²) in [4.78, 5) is 96.4. The van der Waals surface area contributed by atoms with Crippen LogP contribution in [0, 0.1) is 0 Å². The molecule has 226 valence electrons. The summed E-state index contributed by atoms with van der Waals surface area (Å²) in [5, 5.41) is 28.0. The molecular weight excluding hydrogens is 558 g/mol. The van der Waals surface area contributed by atoms with Gasteiger partial charge in [-0.15, -0.1) is 0 Å². The predicted molar refractivity (Wildman–Crippen MR) is 142 cm³/mol. The minimum Gasteiger partial charge on any atom is -0.481 e. The van der Waals surface area contributed by atoms with Crippen LogP contribution in [0.1, 0.15) is 32.3 Å². The summed E-state index contributed by atoms with van der Waals surface area (Å²) in [5.74, 6) is -6.55. The van der Waals surface area contributed by atoms with E-state index >= 15 is 0 Å². The van der Waals surface area contributed by atoms with Gasteiger partial charge in [-0.05, 0) is 24.6 Å². The van der Waals surface area contributed by atoms with E-state index in [1.165, 1.54) is 26.0 Å². The molecular formula is C26H31N5O11. The molecule has 0 aliphatic carbocycles. The number of hydrogen-bond acceptors (Lipinski definition) is 10. The van der Waals surface area contributed by atoms with Crippen LogP contribution in [0.4, 0.5) is 5.69 Å². The van der Waals surface area contributed by atoms with Crippen molar-refractivity contribution < 1.29 is 53.3 Å². The predicted octanol–water partition coefficient (Wildman–Crippen LogP) is -2.06. The number of esters is 1. The first-order chi connectivity index (χ1) is 19.8. The molecule has 0 saturated carbocycles. The monoisotopic (exact) mass is 589 g/mol. The highest BCUT2D eigenvalue weighted by molar-refractivity contribution is 6.13. The highest BCUT2D eigenvalue weighted by Gasteiger charge is 2.30. The van der Waals surface area contributed by atoms with Gasteiger partial charge in [0.1, 0.15) is 24.7 Å². The van der Waals surface area contributed by atoms with Gasteiger partial charge in [0.05, 0.1) is 13.0 Å². The maximum atomic E-state index is 12.7. The SMILES string of the molecule is CC(=O)OCc1ccc(NC(=O)[C@H](CC(=O)O)NC(=O)[C@H](CO)NC(=O)[C@@H](C)NC(=O)CCN2C(=O)C=CC2=O)cc1. The van der Waals surface area contributed by atoms with Crippen LogP contribution in [0.2, 0.25) is 0 Å². The quantitative estimate of drug-likeness (QED) is 0.0961. The van der Waals surface area contributed by atoms with Gasteiger partial charge in [0.2, 0.25) is 23.6 Å². The number of aliphatic hydroxyl groups is 1. The van der Waals surface area contributed by atoms with Crippen molar-refractivity contribution in [2.24, 2.45) is 0 Å². The van der Waals surface area contributed by atoms with Crippen LogP contribution in [0.25, 0.3) is 0 Å².